The van der Waals surface area contributed by atoms with E-state index in [1.165, 1.54) is 0 Å². The zero-order valence-electron chi connectivity index (χ0n) is 12.4. The van der Waals surface area contributed by atoms with E-state index in [9.17, 15) is 9.90 Å². The van der Waals surface area contributed by atoms with E-state index in [0.29, 0.717) is 19.4 Å². The van der Waals surface area contributed by atoms with Gasteiger partial charge in [-0.1, -0.05) is 26.0 Å². The minimum Gasteiger partial charge on any atom is -0.480 e. The van der Waals surface area contributed by atoms with Crippen LogP contribution in [0.25, 0.3) is 5.69 Å². The van der Waals surface area contributed by atoms with Gasteiger partial charge in [0.1, 0.15) is 5.54 Å². The van der Waals surface area contributed by atoms with Crippen LogP contribution in [0.1, 0.15) is 32.3 Å². The number of nitrogens with zero attached hydrogens (tertiary/aromatic N) is 2. The number of aromatic nitrogens is 2. The fourth-order valence-corrected chi connectivity index (χ4v) is 2.34. The van der Waals surface area contributed by atoms with Crippen molar-refractivity contribution in [3.63, 3.8) is 0 Å². The molecule has 0 saturated carbocycles. The van der Waals surface area contributed by atoms with Crippen LogP contribution in [0.5, 0.6) is 0 Å². The van der Waals surface area contributed by atoms with Gasteiger partial charge in [0.15, 0.2) is 0 Å². The molecule has 112 valence electrons. The van der Waals surface area contributed by atoms with Gasteiger partial charge < -0.3 is 5.11 Å². The number of rotatable bonds is 7. The summed E-state index contributed by atoms with van der Waals surface area (Å²) in [5.74, 6) is -0.791. The van der Waals surface area contributed by atoms with Gasteiger partial charge in [0.2, 0.25) is 0 Å². The van der Waals surface area contributed by atoms with E-state index < -0.39 is 11.5 Å². The van der Waals surface area contributed by atoms with Gasteiger partial charge in [0.25, 0.3) is 0 Å². The second kappa shape index (κ2) is 6.54. The van der Waals surface area contributed by atoms with Crippen molar-refractivity contribution in [2.45, 2.75) is 38.8 Å². The molecular formula is C16H21N3O2. The predicted octanol–water partition coefficient (Wildman–Crippen LogP) is 2.61. The first-order valence-corrected chi connectivity index (χ1v) is 7.18. The largest absolute Gasteiger partial charge is 0.480 e. The monoisotopic (exact) mass is 287 g/mol. The Balaban J connectivity index is 2.05. The van der Waals surface area contributed by atoms with Crippen LogP contribution < -0.4 is 5.32 Å². The highest BCUT2D eigenvalue weighted by atomic mass is 16.4. The van der Waals surface area contributed by atoms with Crippen molar-refractivity contribution in [2.75, 3.05) is 0 Å². The second-order valence-electron chi connectivity index (χ2n) is 5.06. The van der Waals surface area contributed by atoms with E-state index in [2.05, 4.69) is 10.4 Å². The molecule has 0 unspecified atom stereocenters. The van der Waals surface area contributed by atoms with E-state index in [1.807, 2.05) is 50.4 Å². The van der Waals surface area contributed by atoms with Crippen molar-refractivity contribution in [3.8, 4) is 5.69 Å². The minimum atomic E-state index is -0.847. The first-order chi connectivity index (χ1) is 10.1. The van der Waals surface area contributed by atoms with E-state index in [1.54, 1.807) is 10.9 Å². The van der Waals surface area contributed by atoms with E-state index in [4.69, 9.17) is 0 Å². The Bertz CT molecular complexity index is 572. The van der Waals surface area contributed by atoms with Crippen molar-refractivity contribution >= 4 is 5.97 Å². The summed E-state index contributed by atoms with van der Waals surface area (Å²) in [5.41, 5.74) is 1.19. The number of benzene rings is 1. The Labute approximate surface area is 124 Å². The fraction of sp³-hybridized carbons (Fsp3) is 0.375. The summed E-state index contributed by atoms with van der Waals surface area (Å²) < 4.78 is 1.79. The molecule has 0 amide bonds. The van der Waals surface area contributed by atoms with Gasteiger partial charge in [-0.3, -0.25) is 10.1 Å². The Morgan fingerprint density at radius 2 is 1.95 bits per heavy atom. The number of aliphatic carboxylic acids is 1. The smallest absolute Gasteiger partial charge is 0.323 e. The van der Waals surface area contributed by atoms with Crippen LogP contribution >= 0.6 is 0 Å². The van der Waals surface area contributed by atoms with Crippen molar-refractivity contribution < 1.29 is 9.90 Å². The Morgan fingerprint density at radius 1 is 1.29 bits per heavy atom. The second-order valence-corrected chi connectivity index (χ2v) is 5.06. The Morgan fingerprint density at radius 3 is 2.43 bits per heavy atom. The van der Waals surface area contributed by atoms with Crippen molar-refractivity contribution in [2.24, 2.45) is 0 Å². The van der Waals surface area contributed by atoms with Crippen molar-refractivity contribution in [1.29, 1.82) is 0 Å². The molecule has 21 heavy (non-hydrogen) atoms. The highest BCUT2D eigenvalue weighted by Crippen LogP contribution is 2.17. The van der Waals surface area contributed by atoms with E-state index >= 15 is 0 Å². The van der Waals surface area contributed by atoms with Crippen LogP contribution in [0.4, 0.5) is 0 Å². The number of carboxylic acid groups (broad SMARTS) is 1. The van der Waals surface area contributed by atoms with Gasteiger partial charge in [0, 0.05) is 18.9 Å². The molecule has 0 aliphatic carbocycles. The average Bonchev–Trinajstić information content (AvgIpc) is 3.03. The topological polar surface area (TPSA) is 67.2 Å². The minimum absolute atomic E-state index is 0.535. The Kier molecular flexibility index (Phi) is 4.75. The molecule has 1 heterocycles. The maximum atomic E-state index is 11.4. The van der Waals surface area contributed by atoms with Crippen LogP contribution in [-0.2, 0) is 11.3 Å². The van der Waals surface area contributed by atoms with Gasteiger partial charge >= 0.3 is 5.97 Å². The van der Waals surface area contributed by atoms with Crippen LogP contribution in [0.3, 0.4) is 0 Å². The average molecular weight is 287 g/mol. The van der Waals surface area contributed by atoms with E-state index in [0.717, 1.165) is 11.3 Å². The molecule has 0 aliphatic heterocycles. The third kappa shape index (κ3) is 3.31. The van der Waals surface area contributed by atoms with Crippen LogP contribution in [-0.4, -0.2) is 26.4 Å². The molecule has 2 aromatic rings. The number of nitrogens with one attached hydrogen (secondary N) is 1. The Hall–Kier alpha value is -2.14. The van der Waals surface area contributed by atoms with Gasteiger partial charge in [-0.2, -0.15) is 5.10 Å². The van der Waals surface area contributed by atoms with E-state index in [-0.39, 0.29) is 0 Å². The summed E-state index contributed by atoms with van der Waals surface area (Å²) in [6.07, 6.45) is 4.74. The zero-order valence-corrected chi connectivity index (χ0v) is 12.4. The maximum absolute atomic E-state index is 11.4. The maximum Gasteiger partial charge on any atom is 0.323 e. The summed E-state index contributed by atoms with van der Waals surface area (Å²) in [4.78, 5) is 11.4. The lowest BCUT2D eigenvalue weighted by Gasteiger charge is -2.28. The molecular weight excluding hydrogens is 266 g/mol. The van der Waals surface area contributed by atoms with Crippen molar-refractivity contribution in [3.05, 3.63) is 48.3 Å². The van der Waals surface area contributed by atoms with Gasteiger partial charge in [-0.15, -0.1) is 0 Å². The lowest BCUT2D eigenvalue weighted by Crippen LogP contribution is -2.50. The first-order valence-electron chi connectivity index (χ1n) is 7.18. The first kappa shape index (κ1) is 15.3. The number of carbonyl (C=O) groups is 1. The molecule has 1 aromatic carbocycles. The summed E-state index contributed by atoms with van der Waals surface area (Å²) in [6, 6.07) is 9.80. The lowest BCUT2D eigenvalue weighted by atomic mass is 9.92. The molecule has 0 bridgehead atoms. The normalized spacial score (nSPS) is 11.5. The van der Waals surface area contributed by atoms with Gasteiger partial charge in [-0.25, -0.2) is 4.68 Å². The molecule has 0 aliphatic rings. The molecule has 0 radical (unpaired) electrons. The summed E-state index contributed by atoms with van der Waals surface area (Å²) in [5, 5.41) is 16.8. The third-order valence-electron chi connectivity index (χ3n) is 3.95. The predicted molar refractivity (Wildman–Crippen MR) is 81.4 cm³/mol. The quantitative estimate of drug-likeness (QED) is 0.821. The van der Waals surface area contributed by atoms with Crippen molar-refractivity contribution in [1.82, 2.24) is 15.1 Å². The molecule has 0 spiro atoms. The summed E-state index contributed by atoms with van der Waals surface area (Å²) >= 11 is 0. The molecule has 5 heteroatoms. The SMILES string of the molecule is CCC(CC)(NCc1ccc(-n2cccn2)cc1)C(=O)O. The number of carboxylic acids is 1. The fourth-order valence-electron chi connectivity index (χ4n) is 2.34. The van der Waals surface area contributed by atoms with Gasteiger partial charge in [-0.05, 0) is 36.6 Å². The lowest BCUT2D eigenvalue weighted by molar-refractivity contribution is -0.145. The van der Waals surface area contributed by atoms with Gasteiger partial charge in [0.05, 0.1) is 5.69 Å². The molecule has 0 atom stereocenters. The highest BCUT2D eigenvalue weighted by Gasteiger charge is 2.33. The van der Waals surface area contributed by atoms with Crippen LogP contribution in [0.15, 0.2) is 42.7 Å². The molecule has 2 N–H and O–H groups in total. The third-order valence-corrected chi connectivity index (χ3v) is 3.95. The summed E-state index contributed by atoms with van der Waals surface area (Å²) in [6.45, 7) is 4.32. The number of hydrogen-bond donors (Lipinski definition) is 2. The highest BCUT2D eigenvalue weighted by molar-refractivity contribution is 5.78. The number of hydrogen-bond acceptors (Lipinski definition) is 3. The molecule has 0 saturated heterocycles. The standard InChI is InChI=1S/C16H21N3O2/c1-3-16(4-2,15(20)21)17-12-13-6-8-14(9-7-13)19-11-5-10-18-19/h5-11,17H,3-4,12H2,1-2H3,(H,20,21). The summed E-state index contributed by atoms with van der Waals surface area (Å²) in [7, 11) is 0. The molecule has 2 rings (SSSR count). The molecule has 1 aromatic heterocycles. The van der Waals surface area contributed by atoms with Crippen LogP contribution in [0, 0.1) is 0 Å². The molecule has 0 fully saturated rings. The van der Waals surface area contributed by atoms with Crippen LogP contribution in [0.2, 0.25) is 0 Å². The zero-order chi connectivity index (χ0) is 15.3. The molecule has 5 nitrogen and oxygen atoms in total.